The predicted octanol–water partition coefficient (Wildman–Crippen LogP) is 2.22. The molecule has 0 aromatic heterocycles. The average molecular weight is 535 g/mol. The van der Waals surface area contributed by atoms with E-state index in [1.807, 2.05) is 0 Å². The molecule has 2 aliphatic rings. The fourth-order valence-corrected chi connectivity index (χ4v) is 7.55. The van der Waals surface area contributed by atoms with Gasteiger partial charge in [-0.2, -0.15) is 0 Å². The summed E-state index contributed by atoms with van der Waals surface area (Å²) in [6.07, 6.45) is 0.913. The molecule has 0 saturated carbocycles. The summed E-state index contributed by atoms with van der Waals surface area (Å²) in [4.78, 5) is 14.0. The first-order valence-corrected chi connectivity index (χ1v) is 14.0. The van der Waals surface area contributed by atoms with E-state index in [9.17, 15) is 26.0 Å². The van der Waals surface area contributed by atoms with Crippen LogP contribution in [0.2, 0.25) is 5.02 Å². The Hall–Kier alpha value is -2.28. The smallest absolute Gasteiger partial charge is 0.238 e. The number of nitrogens with one attached hydrogen (secondary N) is 1. The Balaban J connectivity index is 1.92. The minimum absolute atomic E-state index is 0.0858. The lowest BCUT2D eigenvalue weighted by molar-refractivity contribution is -0.136. The van der Waals surface area contributed by atoms with E-state index in [2.05, 4.69) is 4.72 Å². The van der Waals surface area contributed by atoms with Gasteiger partial charge in [0, 0.05) is 11.6 Å². The first kappa shape index (κ1) is 24.8. The number of likely N-dealkylation sites (tertiary alicyclic amines) is 1. The van der Waals surface area contributed by atoms with Gasteiger partial charge < -0.3 is 9.64 Å². The molecule has 2 atom stereocenters. The van der Waals surface area contributed by atoms with Gasteiger partial charge in [-0.15, -0.1) is 0 Å². The third-order valence-corrected chi connectivity index (χ3v) is 9.59. The number of halogens is 3. The number of carbonyl (C=O) groups excluding carboxylic acids is 1. The number of rotatable bonds is 5. The van der Waals surface area contributed by atoms with Gasteiger partial charge in [-0.1, -0.05) is 11.6 Å². The van der Waals surface area contributed by atoms with Crippen LogP contribution in [0.5, 0.6) is 5.75 Å². The van der Waals surface area contributed by atoms with Crippen molar-refractivity contribution in [1.82, 2.24) is 9.62 Å². The standard InChI is InChI=1S/C21H21ClF2N2O6S2/c1-33(28,29)25-11-18(27)26-10-2-9-21(34(30,31)14-5-3-13(22)4-6-14)17(26)12-32-20-16(24)8-7-15(23)19(20)21/h3-8,17,25H,2,9-12H2,1H3/t17-,21+/m0/s1. The highest BCUT2D eigenvalue weighted by molar-refractivity contribution is 7.92. The van der Waals surface area contributed by atoms with Gasteiger partial charge in [0.15, 0.2) is 21.4 Å². The van der Waals surface area contributed by atoms with E-state index in [0.717, 1.165) is 18.4 Å². The average Bonchev–Trinajstić information content (AvgIpc) is 2.78. The first-order valence-electron chi connectivity index (χ1n) is 10.2. The molecule has 8 nitrogen and oxygen atoms in total. The molecule has 34 heavy (non-hydrogen) atoms. The molecule has 0 bridgehead atoms. The van der Waals surface area contributed by atoms with Gasteiger partial charge in [-0.3, -0.25) is 4.79 Å². The van der Waals surface area contributed by atoms with Crippen molar-refractivity contribution in [1.29, 1.82) is 0 Å². The zero-order valence-electron chi connectivity index (χ0n) is 17.9. The van der Waals surface area contributed by atoms with Crippen molar-refractivity contribution in [2.24, 2.45) is 0 Å². The maximum Gasteiger partial charge on any atom is 0.238 e. The number of sulfonamides is 1. The third-order valence-electron chi connectivity index (χ3n) is 6.14. The van der Waals surface area contributed by atoms with Crippen LogP contribution in [-0.2, 0) is 29.4 Å². The lowest BCUT2D eigenvalue weighted by atomic mass is 9.80. The van der Waals surface area contributed by atoms with Crippen LogP contribution in [0, 0.1) is 11.6 Å². The van der Waals surface area contributed by atoms with E-state index in [-0.39, 0.29) is 29.3 Å². The van der Waals surface area contributed by atoms with E-state index in [4.69, 9.17) is 16.3 Å². The lowest BCUT2D eigenvalue weighted by Crippen LogP contribution is -2.65. The van der Waals surface area contributed by atoms with Crippen molar-refractivity contribution in [3.8, 4) is 5.75 Å². The monoisotopic (exact) mass is 534 g/mol. The molecule has 4 rings (SSSR count). The van der Waals surface area contributed by atoms with Gasteiger partial charge in [-0.25, -0.2) is 30.3 Å². The summed E-state index contributed by atoms with van der Waals surface area (Å²) in [5, 5.41) is 0.282. The van der Waals surface area contributed by atoms with Crippen LogP contribution in [-0.4, -0.2) is 59.6 Å². The molecule has 13 heteroatoms. The molecular weight excluding hydrogens is 514 g/mol. The number of piperidine rings is 1. The molecule has 1 amide bonds. The quantitative estimate of drug-likeness (QED) is 0.630. The number of ether oxygens (including phenoxy) is 1. The van der Waals surface area contributed by atoms with Crippen LogP contribution in [0.1, 0.15) is 18.4 Å². The molecule has 0 unspecified atom stereocenters. The number of amides is 1. The molecule has 1 N–H and O–H groups in total. The highest BCUT2D eigenvalue weighted by Gasteiger charge is 2.61. The van der Waals surface area contributed by atoms with Crippen LogP contribution in [0.3, 0.4) is 0 Å². The topological polar surface area (TPSA) is 110 Å². The predicted molar refractivity (Wildman–Crippen MR) is 120 cm³/mol. The maximum atomic E-state index is 15.3. The van der Waals surface area contributed by atoms with Crippen LogP contribution in [0.15, 0.2) is 41.3 Å². The summed E-state index contributed by atoms with van der Waals surface area (Å²) in [6.45, 7) is -0.960. The van der Waals surface area contributed by atoms with E-state index in [0.29, 0.717) is 0 Å². The highest BCUT2D eigenvalue weighted by atomic mass is 35.5. The van der Waals surface area contributed by atoms with E-state index >= 15 is 4.39 Å². The second kappa shape index (κ2) is 8.74. The van der Waals surface area contributed by atoms with Crippen molar-refractivity contribution >= 4 is 37.4 Å². The van der Waals surface area contributed by atoms with Gasteiger partial charge in [0.2, 0.25) is 15.9 Å². The van der Waals surface area contributed by atoms with Crippen LogP contribution in [0.25, 0.3) is 0 Å². The summed E-state index contributed by atoms with van der Waals surface area (Å²) in [7, 11) is -8.15. The molecule has 2 aromatic carbocycles. The van der Waals surface area contributed by atoms with Crippen LogP contribution >= 0.6 is 11.6 Å². The SMILES string of the molecule is CS(=O)(=O)NCC(=O)N1CCC[C@]2(S(=O)(=O)c3ccc(Cl)cc3)c3c(F)ccc(F)c3OC[C@H]12. The van der Waals surface area contributed by atoms with Crippen LogP contribution in [0.4, 0.5) is 8.78 Å². The summed E-state index contributed by atoms with van der Waals surface area (Å²) >= 11 is 5.91. The number of fused-ring (bicyclic) bond motifs is 3. The summed E-state index contributed by atoms with van der Waals surface area (Å²) in [5.41, 5.74) is -0.479. The molecule has 2 aromatic rings. The van der Waals surface area contributed by atoms with Crippen molar-refractivity contribution in [2.75, 3.05) is 26.0 Å². The Labute approximate surface area is 200 Å². The van der Waals surface area contributed by atoms with Crippen molar-refractivity contribution in [3.05, 3.63) is 58.6 Å². The van der Waals surface area contributed by atoms with Crippen LogP contribution < -0.4 is 9.46 Å². The Morgan fingerprint density at radius 1 is 1.15 bits per heavy atom. The molecule has 2 heterocycles. The van der Waals surface area contributed by atoms with Gasteiger partial charge >= 0.3 is 0 Å². The van der Waals surface area contributed by atoms with Gasteiger partial charge in [0.1, 0.15) is 17.2 Å². The lowest BCUT2D eigenvalue weighted by Gasteiger charge is -2.51. The molecule has 184 valence electrons. The van der Waals surface area contributed by atoms with Gasteiger partial charge in [-0.05, 0) is 49.2 Å². The molecule has 0 spiro atoms. The number of hydrogen-bond acceptors (Lipinski definition) is 6. The first-order chi connectivity index (χ1) is 15.9. The fraction of sp³-hybridized carbons (Fsp3) is 0.381. The molecule has 2 aliphatic heterocycles. The number of nitrogens with zero attached hydrogens (tertiary/aromatic N) is 1. The molecule has 0 radical (unpaired) electrons. The van der Waals surface area contributed by atoms with E-state index in [1.165, 1.54) is 29.2 Å². The Kier molecular flexibility index (Phi) is 6.38. The van der Waals surface area contributed by atoms with Crippen molar-refractivity contribution in [2.45, 2.75) is 28.5 Å². The van der Waals surface area contributed by atoms with Crippen molar-refractivity contribution < 1.29 is 35.1 Å². The fourth-order valence-electron chi connectivity index (χ4n) is 4.70. The van der Waals surface area contributed by atoms with Crippen molar-refractivity contribution in [3.63, 3.8) is 0 Å². The van der Waals surface area contributed by atoms with Gasteiger partial charge in [0.25, 0.3) is 0 Å². The number of carbonyl (C=O) groups is 1. The number of benzene rings is 2. The molecular formula is C21H21ClF2N2O6S2. The highest BCUT2D eigenvalue weighted by Crippen LogP contribution is 2.53. The van der Waals surface area contributed by atoms with Gasteiger partial charge in [0.05, 0.1) is 29.3 Å². The third kappa shape index (κ3) is 4.06. The van der Waals surface area contributed by atoms with E-state index < -0.39 is 72.7 Å². The minimum atomic E-state index is -4.44. The second-order valence-corrected chi connectivity index (χ2v) is 12.7. The molecule has 1 saturated heterocycles. The largest absolute Gasteiger partial charge is 0.488 e. The zero-order valence-corrected chi connectivity index (χ0v) is 20.3. The Bertz CT molecular complexity index is 1350. The van der Waals surface area contributed by atoms with E-state index in [1.54, 1.807) is 0 Å². The Morgan fingerprint density at radius 2 is 1.79 bits per heavy atom. The summed E-state index contributed by atoms with van der Waals surface area (Å²) < 4.78 is 86.7. The molecule has 0 aliphatic carbocycles. The maximum absolute atomic E-state index is 15.3. The molecule has 1 fully saturated rings. The number of hydrogen-bond donors (Lipinski definition) is 1. The zero-order chi connectivity index (χ0) is 24.9. The Morgan fingerprint density at radius 3 is 2.44 bits per heavy atom. The normalized spacial score (nSPS) is 22.5. The minimum Gasteiger partial charge on any atom is -0.488 e. The second-order valence-electron chi connectivity index (χ2n) is 8.19. The summed E-state index contributed by atoms with van der Waals surface area (Å²) in [5.74, 6) is -3.14. The summed E-state index contributed by atoms with van der Waals surface area (Å²) in [6, 6.07) is 5.70. The number of sulfone groups is 1.